The van der Waals surface area contributed by atoms with E-state index in [9.17, 15) is 18.0 Å². The van der Waals surface area contributed by atoms with Crippen LogP contribution in [0.4, 0.5) is 13.2 Å². The lowest BCUT2D eigenvalue weighted by molar-refractivity contribution is -0.159. The number of carbonyl (C=O) groups is 1. The highest BCUT2D eigenvalue weighted by atomic mass is 19.4. The zero-order valence-electron chi connectivity index (χ0n) is 7.32. The van der Waals surface area contributed by atoms with Crippen LogP contribution in [-0.2, 0) is 4.79 Å². The summed E-state index contributed by atoms with van der Waals surface area (Å²) in [6.07, 6.45) is -3.86. The number of alkyl halides is 3. The molecule has 3 nitrogen and oxygen atoms in total. The first-order valence-electron chi connectivity index (χ1n) is 3.98. The molecule has 1 amide bonds. The molecule has 0 aromatic carbocycles. The highest BCUT2D eigenvalue weighted by molar-refractivity contribution is 5.76. The van der Waals surface area contributed by atoms with Crippen molar-refractivity contribution >= 4 is 5.91 Å². The number of amides is 1. The molecule has 1 unspecified atom stereocenters. The minimum absolute atomic E-state index is 0.0899. The average Bonchev–Trinajstić information content (AvgIpc) is 1.98. The van der Waals surface area contributed by atoms with Gasteiger partial charge in [0.25, 0.3) is 0 Å². The summed E-state index contributed by atoms with van der Waals surface area (Å²) >= 11 is 0. The first-order chi connectivity index (χ1) is 5.91. The topological polar surface area (TPSA) is 55.1 Å². The monoisotopic (exact) mass is 198 g/mol. The molecule has 0 heterocycles. The molecule has 0 fully saturated rings. The van der Waals surface area contributed by atoms with E-state index in [4.69, 9.17) is 5.73 Å². The van der Waals surface area contributed by atoms with Gasteiger partial charge < -0.3 is 11.1 Å². The van der Waals surface area contributed by atoms with Crippen LogP contribution in [0.1, 0.15) is 19.8 Å². The first kappa shape index (κ1) is 12.2. The Hall–Kier alpha value is -0.780. The molecule has 0 bridgehead atoms. The predicted octanol–water partition coefficient (Wildman–Crippen LogP) is 0.792. The lowest BCUT2D eigenvalue weighted by atomic mass is 10.2. The second kappa shape index (κ2) is 5.06. The molecule has 3 N–H and O–H groups in total. The smallest absolute Gasteiger partial charge is 0.343 e. The summed E-state index contributed by atoms with van der Waals surface area (Å²) in [4.78, 5) is 10.8. The van der Waals surface area contributed by atoms with Crippen LogP contribution in [0.25, 0.3) is 0 Å². The van der Waals surface area contributed by atoms with Crippen LogP contribution < -0.4 is 11.1 Å². The minimum Gasteiger partial charge on any atom is -0.343 e. The van der Waals surface area contributed by atoms with Crippen LogP contribution in [0.2, 0.25) is 0 Å². The van der Waals surface area contributed by atoms with Gasteiger partial charge in [0.15, 0.2) is 0 Å². The van der Waals surface area contributed by atoms with Crippen molar-refractivity contribution in [1.82, 2.24) is 5.32 Å². The second-order valence-corrected chi connectivity index (χ2v) is 2.65. The third kappa shape index (κ3) is 4.72. The summed E-state index contributed by atoms with van der Waals surface area (Å²) < 4.78 is 36.1. The number of nitrogens with two attached hydrogens (primary N) is 1. The molecule has 0 spiro atoms. The summed E-state index contributed by atoms with van der Waals surface area (Å²) in [7, 11) is 0. The molecule has 13 heavy (non-hydrogen) atoms. The molecule has 0 aliphatic heterocycles. The molecule has 0 saturated carbocycles. The fourth-order valence-electron chi connectivity index (χ4n) is 0.768. The van der Waals surface area contributed by atoms with E-state index in [1.165, 1.54) is 0 Å². The van der Waals surface area contributed by atoms with Crippen molar-refractivity contribution in [3.63, 3.8) is 0 Å². The van der Waals surface area contributed by atoms with Crippen molar-refractivity contribution in [2.24, 2.45) is 5.73 Å². The summed E-state index contributed by atoms with van der Waals surface area (Å²) in [5, 5.41) is 1.82. The number of hydrogen-bond donors (Lipinski definition) is 2. The van der Waals surface area contributed by atoms with Gasteiger partial charge in [-0.1, -0.05) is 6.92 Å². The van der Waals surface area contributed by atoms with E-state index in [2.05, 4.69) is 0 Å². The van der Waals surface area contributed by atoms with Crippen LogP contribution in [0.5, 0.6) is 0 Å². The SMILES string of the molecule is CCCC(=O)NC(CN)C(F)(F)F. The standard InChI is InChI=1S/C7H13F3N2O/c1-2-3-6(13)12-5(4-11)7(8,9)10/h5H,2-4,11H2,1H3,(H,12,13). The van der Waals surface area contributed by atoms with E-state index in [1.54, 1.807) is 6.92 Å². The third-order valence-corrected chi connectivity index (χ3v) is 1.44. The Bertz CT molecular complexity index is 170. The Morgan fingerprint density at radius 1 is 1.54 bits per heavy atom. The zero-order valence-corrected chi connectivity index (χ0v) is 7.32. The molecular weight excluding hydrogens is 185 g/mol. The normalized spacial score (nSPS) is 13.9. The summed E-state index contributed by atoms with van der Waals surface area (Å²) in [5.74, 6) is -0.615. The lowest BCUT2D eigenvalue weighted by Crippen LogP contribution is -2.49. The molecule has 0 aliphatic rings. The number of carbonyl (C=O) groups excluding carboxylic acids is 1. The van der Waals surface area contributed by atoms with E-state index in [0.29, 0.717) is 6.42 Å². The van der Waals surface area contributed by atoms with E-state index < -0.39 is 24.7 Å². The lowest BCUT2D eigenvalue weighted by Gasteiger charge is -2.19. The van der Waals surface area contributed by atoms with Crippen LogP contribution in [0, 0.1) is 0 Å². The number of hydrogen-bond acceptors (Lipinski definition) is 2. The number of nitrogens with one attached hydrogen (secondary N) is 1. The van der Waals surface area contributed by atoms with E-state index in [-0.39, 0.29) is 6.42 Å². The van der Waals surface area contributed by atoms with Gasteiger partial charge in [-0.05, 0) is 6.42 Å². The fraction of sp³-hybridized carbons (Fsp3) is 0.857. The number of rotatable bonds is 4. The highest BCUT2D eigenvalue weighted by Gasteiger charge is 2.39. The minimum atomic E-state index is -4.46. The summed E-state index contributed by atoms with van der Waals surface area (Å²) in [6, 6.07) is -1.92. The van der Waals surface area contributed by atoms with Gasteiger partial charge in [-0.3, -0.25) is 4.79 Å². The van der Waals surface area contributed by atoms with Gasteiger partial charge in [0.05, 0.1) is 0 Å². The maximum atomic E-state index is 12.0. The van der Waals surface area contributed by atoms with Crippen molar-refractivity contribution < 1.29 is 18.0 Å². The number of halogens is 3. The van der Waals surface area contributed by atoms with Crippen molar-refractivity contribution in [3.05, 3.63) is 0 Å². The average molecular weight is 198 g/mol. The van der Waals surface area contributed by atoms with Crippen LogP contribution >= 0.6 is 0 Å². The van der Waals surface area contributed by atoms with Gasteiger partial charge >= 0.3 is 6.18 Å². The van der Waals surface area contributed by atoms with E-state index in [0.717, 1.165) is 0 Å². The first-order valence-corrected chi connectivity index (χ1v) is 3.98. The molecule has 0 aromatic rings. The largest absolute Gasteiger partial charge is 0.409 e. The van der Waals surface area contributed by atoms with Gasteiger partial charge in [0.2, 0.25) is 5.91 Å². The summed E-state index contributed by atoms with van der Waals surface area (Å²) in [5.41, 5.74) is 4.87. The Morgan fingerprint density at radius 3 is 2.38 bits per heavy atom. The van der Waals surface area contributed by atoms with Crippen molar-refractivity contribution in [2.45, 2.75) is 32.0 Å². The molecule has 1 atom stereocenters. The van der Waals surface area contributed by atoms with Crippen molar-refractivity contribution in [1.29, 1.82) is 0 Å². The van der Waals surface area contributed by atoms with Crippen molar-refractivity contribution in [3.8, 4) is 0 Å². The Morgan fingerprint density at radius 2 is 2.08 bits per heavy atom. The molecule has 0 rings (SSSR count). The molecule has 6 heteroatoms. The Balaban J connectivity index is 4.06. The predicted molar refractivity (Wildman–Crippen MR) is 41.9 cm³/mol. The van der Waals surface area contributed by atoms with Crippen LogP contribution in [-0.4, -0.2) is 24.7 Å². The van der Waals surface area contributed by atoms with Crippen LogP contribution in [0.15, 0.2) is 0 Å². The maximum absolute atomic E-state index is 12.0. The second-order valence-electron chi connectivity index (χ2n) is 2.65. The summed E-state index contributed by atoms with van der Waals surface area (Å²) in [6.45, 7) is 1.09. The molecular formula is C7H13F3N2O. The Kier molecular flexibility index (Phi) is 4.76. The molecule has 0 radical (unpaired) electrons. The zero-order chi connectivity index (χ0) is 10.5. The highest BCUT2D eigenvalue weighted by Crippen LogP contribution is 2.19. The molecule has 0 aliphatic carbocycles. The van der Waals surface area contributed by atoms with Crippen LogP contribution in [0.3, 0.4) is 0 Å². The van der Waals surface area contributed by atoms with Gasteiger partial charge in [0, 0.05) is 13.0 Å². The fourth-order valence-corrected chi connectivity index (χ4v) is 0.768. The molecule has 0 saturated heterocycles. The quantitative estimate of drug-likeness (QED) is 0.701. The van der Waals surface area contributed by atoms with E-state index in [1.807, 2.05) is 5.32 Å². The van der Waals surface area contributed by atoms with Crippen molar-refractivity contribution in [2.75, 3.05) is 6.54 Å². The molecule has 0 aromatic heterocycles. The third-order valence-electron chi connectivity index (χ3n) is 1.44. The maximum Gasteiger partial charge on any atom is 0.409 e. The van der Waals surface area contributed by atoms with Gasteiger partial charge in [-0.15, -0.1) is 0 Å². The Labute approximate surface area is 74.5 Å². The van der Waals surface area contributed by atoms with Gasteiger partial charge in [-0.2, -0.15) is 13.2 Å². The van der Waals surface area contributed by atoms with E-state index >= 15 is 0 Å². The van der Waals surface area contributed by atoms with Gasteiger partial charge in [0.1, 0.15) is 6.04 Å². The van der Waals surface area contributed by atoms with Gasteiger partial charge in [-0.25, -0.2) is 0 Å². The molecule has 78 valence electrons.